The molecule has 0 bridgehead atoms. The van der Waals surface area contributed by atoms with Crippen molar-refractivity contribution in [1.82, 2.24) is 15.6 Å². The molecular formula is C10H11ClN4O2. The van der Waals surface area contributed by atoms with Gasteiger partial charge in [-0.25, -0.2) is 4.98 Å². The number of rotatable bonds is 2. The summed E-state index contributed by atoms with van der Waals surface area (Å²) in [6, 6.07) is 1.24. The summed E-state index contributed by atoms with van der Waals surface area (Å²) in [6.07, 6.45) is 1.65. The molecule has 1 aromatic heterocycles. The van der Waals surface area contributed by atoms with E-state index in [-0.39, 0.29) is 35.0 Å². The van der Waals surface area contributed by atoms with E-state index < -0.39 is 0 Å². The Labute approximate surface area is 103 Å². The number of anilines is 1. The zero-order chi connectivity index (χ0) is 12.4. The largest absolute Gasteiger partial charge is 0.397 e. The van der Waals surface area contributed by atoms with E-state index in [1.807, 2.05) is 0 Å². The van der Waals surface area contributed by atoms with Gasteiger partial charge in [0.25, 0.3) is 5.91 Å². The molecule has 1 atom stereocenters. The lowest BCUT2D eigenvalue weighted by molar-refractivity contribution is -0.119. The van der Waals surface area contributed by atoms with Crippen molar-refractivity contribution in [3.8, 4) is 0 Å². The average molecular weight is 255 g/mol. The van der Waals surface area contributed by atoms with Crippen LogP contribution in [-0.4, -0.2) is 29.4 Å². The van der Waals surface area contributed by atoms with Gasteiger partial charge in [-0.05, 0) is 6.07 Å². The lowest BCUT2D eigenvalue weighted by atomic mass is 10.2. The lowest BCUT2D eigenvalue weighted by Gasteiger charge is -2.11. The highest BCUT2D eigenvalue weighted by molar-refractivity contribution is 6.32. The first-order valence-electron chi connectivity index (χ1n) is 5.05. The van der Waals surface area contributed by atoms with Crippen LogP contribution in [0.1, 0.15) is 16.8 Å². The van der Waals surface area contributed by atoms with Crippen LogP contribution in [0, 0.1) is 0 Å². The van der Waals surface area contributed by atoms with E-state index in [9.17, 15) is 9.59 Å². The SMILES string of the molecule is Nc1cnc(Cl)c(C(=O)NC2CNC(=O)C2)c1. The second kappa shape index (κ2) is 4.58. The summed E-state index contributed by atoms with van der Waals surface area (Å²) in [6.45, 7) is 0.429. The minimum absolute atomic E-state index is 0.0768. The molecular weight excluding hydrogens is 244 g/mol. The van der Waals surface area contributed by atoms with Crippen LogP contribution in [0.25, 0.3) is 0 Å². The van der Waals surface area contributed by atoms with Gasteiger partial charge in [0, 0.05) is 13.0 Å². The van der Waals surface area contributed by atoms with Crippen molar-refractivity contribution < 1.29 is 9.59 Å². The van der Waals surface area contributed by atoms with Crippen LogP contribution in [0.15, 0.2) is 12.3 Å². The van der Waals surface area contributed by atoms with Crippen molar-refractivity contribution in [3.05, 3.63) is 23.0 Å². The van der Waals surface area contributed by atoms with Crippen LogP contribution in [0.3, 0.4) is 0 Å². The van der Waals surface area contributed by atoms with Crippen molar-refractivity contribution in [1.29, 1.82) is 0 Å². The second-order valence-electron chi connectivity index (χ2n) is 3.79. The predicted molar refractivity (Wildman–Crippen MR) is 62.5 cm³/mol. The number of aromatic nitrogens is 1. The zero-order valence-corrected chi connectivity index (χ0v) is 9.62. The van der Waals surface area contributed by atoms with E-state index in [4.69, 9.17) is 17.3 Å². The number of carbonyl (C=O) groups is 2. The number of hydrogen-bond donors (Lipinski definition) is 3. The fourth-order valence-corrected chi connectivity index (χ4v) is 1.78. The third kappa shape index (κ3) is 2.65. The number of hydrogen-bond acceptors (Lipinski definition) is 4. The molecule has 0 saturated carbocycles. The van der Waals surface area contributed by atoms with Gasteiger partial charge in [-0.3, -0.25) is 9.59 Å². The lowest BCUT2D eigenvalue weighted by Crippen LogP contribution is -2.36. The molecule has 2 heterocycles. The highest BCUT2D eigenvalue weighted by Crippen LogP contribution is 2.15. The van der Waals surface area contributed by atoms with Gasteiger partial charge >= 0.3 is 0 Å². The summed E-state index contributed by atoms with van der Waals surface area (Å²) >= 11 is 5.80. The molecule has 0 radical (unpaired) electrons. The number of halogens is 1. The third-order valence-corrected chi connectivity index (χ3v) is 2.72. The minimum atomic E-state index is -0.378. The fraction of sp³-hybridized carbons (Fsp3) is 0.300. The highest BCUT2D eigenvalue weighted by atomic mass is 35.5. The first kappa shape index (κ1) is 11.7. The van der Waals surface area contributed by atoms with Crippen molar-refractivity contribution >= 4 is 29.1 Å². The third-order valence-electron chi connectivity index (χ3n) is 2.42. The summed E-state index contributed by atoms with van der Waals surface area (Å²) in [5, 5.41) is 5.41. The van der Waals surface area contributed by atoms with Gasteiger partial charge in [0.2, 0.25) is 5.91 Å². The van der Waals surface area contributed by atoms with Crippen molar-refractivity contribution in [2.45, 2.75) is 12.5 Å². The Bertz CT molecular complexity index is 477. The quantitative estimate of drug-likeness (QED) is 0.644. The molecule has 1 fully saturated rings. The number of amides is 2. The molecule has 4 N–H and O–H groups in total. The molecule has 0 aromatic carbocycles. The van der Waals surface area contributed by atoms with Gasteiger partial charge in [0.05, 0.1) is 23.5 Å². The summed E-state index contributed by atoms with van der Waals surface area (Å²) in [5.41, 5.74) is 6.10. The maximum atomic E-state index is 11.9. The number of nitrogen functional groups attached to an aromatic ring is 1. The van der Waals surface area contributed by atoms with Crippen LogP contribution in [0.5, 0.6) is 0 Å². The molecule has 1 saturated heterocycles. The van der Waals surface area contributed by atoms with Crippen molar-refractivity contribution in [3.63, 3.8) is 0 Å². The molecule has 6 nitrogen and oxygen atoms in total. The van der Waals surface area contributed by atoms with Crippen LogP contribution in [-0.2, 0) is 4.79 Å². The van der Waals surface area contributed by atoms with Gasteiger partial charge in [-0.2, -0.15) is 0 Å². The van der Waals surface area contributed by atoms with Crippen molar-refractivity contribution in [2.24, 2.45) is 0 Å². The Hall–Kier alpha value is -1.82. The average Bonchev–Trinajstić information content (AvgIpc) is 2.67. The molecule has 1 aliphatic rings. The highest BCUT2D eigenvalue weighted by Gasteiger charge is 2.24. The molecule has 90 valence electrons. The van der Waals surface area contributed by atoms with E-state index >= 15 is 0 Å². The first-order chi connectivity index (χ1) is 8.06. The predicted octanol–water partition coefficient (Wildman–Crippen LogP) is -0.0645. The Morgan fingerprint density at radius 3 is 3.06 bits per heavy atom. The summed E-state index contributed by atoms with van der Waals surface area (Å²) in [5.74, 6) is -0.455. The molecule has 2 rings (SSSR count). The fourth-order valence-electron chi connectivity index (χ4n) is 1.59. The molecule has 1 aliphatic heterocycles. The monoisotopic (exact) mass is 254 g/mol. The normalized spacial score (nSPS) is 18.9. The van der Waals surface area contributed by atoms with Gasteiger partial charge in [-0.1, -0.05) is 11.6 Å². The minimum Gasteiger partial charge on any atom is -0.397 e. The maximum Gasteiger partial charge on any atom is 0.254 e. The molecule has 7 heteroatoms. The second-order valence-corrected chi connectivity index (χ2v) is 4.14. The number of nitrogens with zero attached hydrogens (tertiary/aromatic N) is 1. The summed E-state index contributed by atoms with van der Waals surface area (Å²) < 4.78 is 0. The Morgan fingerprint density at radius 1 is 1.65 bits per heavy atom. The topological polar surface area (TPSA) is 97.1 Å². The van der Waals surface area contributed by atoms with Crippen LogP contribution >= 0.6 is 11.6 Å². The number of carbonyl (C=O) groups excluding carboxylic acids is 2. The zero-order valence-electron chi connectivity index (χ0n) is 8.87. The Balaban J connectivity index is 2.09. The number of nitrogens with two attached hydrogens (primary N) is 1. The molecule has 0 aliphatic carbocycles. The van der Waals surface area contributed by atoms with E-state index in [1.54, 1.807) is 0 Å². The van der Waals surface area contributed by atoms with Gasteiger partial charge in [0.1, 0.15) is 5.15 Å². The van der Waals surface area contributed by atoms with Gasteiger partial charge in [-0.15, -0.1) is 0 Å². The summed E-state index contributed by atoms with van der Waals surface area (Å²) in [7, 11) is 0. The molecule has 1 unspecified atom stereocenters. The first-order valence-corrected chi connectivity index (χ1v) is 5.42. The van der Waals surface area contributed by atoms with Crippen LogP contribution < -0.4 is 16.4 Å². The standard InChI is InChI=1S/C10H11ClN4O2/c11-9-7(1-5(12)3-14-9)10(17)15-6-2-8(16)13-4-6/h1,3,6H,2,4,12H2,(H,13,16)(H,15,17). The molecule has 2 amide bonds. The molecule has 1 aromatic rings. The van der Waals surface area contributed by atoms with E-state index in [1.165, 1.54) is 12.3 Å². The smallest absolute Gasteiger partial charge is 0.254 e. The van der Waals surface area contributed by atoms with E-state index in [0.29, 0.717) is 12.2 Å². The number of pyridine rings is 1. The van der Waals surface area contributed by atoms with Crippen LogP contribution in [0.2, 0.25) is 5.15 Å². The number of nitrogens with one attached hydrogen (secondary N) is 2. The van der Waals surface area contributed by atoms with Crippen LogP contribution in [0.4, 0.5) is 5.69 Å². The maximum absolute atomic E-state index is 11.9. The summed E-state index contributed by atoms with van der Waals surface area (Å²) in [4.78, 5) is 26.6. The molecule has 17 heavy (non-hydrogen) atoms. The Kier molecular flexibility index (Phi) is 3.14. The van der Waals surface area contributed by atoms with E-state index in [2.05, 4.69) is 15.6 Å². The van der Waals surface area contributed by atoms with Gasteiger partial charge < -0.3 is 16.4 Å². The van der Waals surface area contributed by atoms with Crippen molar-refractivity contribution in [2.75, 3.05) is 12.3 Å². The van der Waals surface area contributed by atoms with E-state index in [0.717, 1.165) is 0 Å². The van der Waals surface area contributed by atoms with Gasteiger partial charge in [0.15, 0.2) is 0 Å². The molecule has 0 spiro atoms. The Morgan fingerprint density at radius 2 is 2.41 bits per heavy atom.